The number of ether oxygens (including phenoxy) is 10. The predicted molar refractivity (Wildman–Crippen MR) is 353 cm³/mol. The number of nitrogens with one attached hydrogen (secondary N) is 2. The second-order valence-corrected chi connectivity index (χ2v) is 22.1. The van der Waals surface area contributed by atoms with Gasteiger partial charge in [-0.3, -0.25) is 14.4 Å². The monoisotopic (exact) mass is 1250 g/mol. The molecule has 1 aliphatic rings. The summed E-state index contributed by atoms with van der Waals surface area (Å²) in [6.07, 6.45) is 1.22. The molecule has 1 heterocycles. The molecule has 92 heavy (non-hydrogen) atoms. The van der Waals surface area contributed by atoms with Crippen LogP contribution in [-0.4, -0.2) is 152 Å². The van der Waals surface area contributed by atoms with Crippen LogP contribution in [-0.2, 0) is 63.9 Å². The summed E-state index contributed by atoms with van der Waals surface area (Å²) in [7, 11) is 0. The van der Waals surface area contributed by atoms with Crippen LogP contribution >= 0.6 is 0 Å². The van der Waals surface area contributed by atoms with Gasteiger partial charge in [-0.25, -0.2) is 0 Å². The van der Waals surface area contributed by atoms with Gasteiger partial charge in [0.05, 0.1) is 71.6 Å². The van der Waals surface area contributed by atoms with E-state index in [2.05, 4.69) is 23.3 Å². The van der Waals surface area contributed by atoms with Crippen LogP contribution in [0.25, 0.3) is 43.1 Å². The maximum absolute atomic E-state index is 13.9. The Morgan fingerprint density at radius 3 is 1.45 bits per heavy atom. The van der Waals surface area contributed by atoms with Crippen LogP contribution in [0.2, 0.25) is 0 Å². The molecule has 0 spiro atoms. The highest BCUT2D eigenvalue weighted by Crippen LogP contribution is 2.42. The number of hydrogen-bond donors (Lipinski definition) is 4. The lowest BCUT2D eigenvalue weighted by Crippen LogP contribution is -2.33. The predicted octanol–water partition coefficient (Wildman–Crippen LogP) is 10.8. The molecule has 0 saturated heterocycles. The Balaban J connectivity index is 0.660. The molecule has 0 unspecified atom stereocenters. The minimum atomic E-state index is -0.256. The van der Waals surface area contributed by atoms with Gasteiger partial charge in [0.2, 0.25) is 11.8 Å². The molecule has 0 saturated carbocycles. The zero-order chi connectivity index (χ0) is 63.7. The third-order valence-corrected chi connectivity index (χ3v) is 15.5. The van der Waals surface area contributed by atoms with Crippen molar-refractivity contribution in [1.82, 2.24) is 15.5 Å². The van der Waals surface area contributed by atoms with E-state index in [1.54, 1.807) is 4.90 Å². The molecule has 0 aliphatic carbocycles. The number of rotatable bonds is 22. The molecular weight excluding hydrogens is 1170 g/mol. The van der Waals surface area contributed by atoms with Crippen molar-refractivity contribution in [1.29, 1.82) is 0 Å². The molecule has 18 nitrogen and oxygen atoms in total. The van der Waals surface area contributed by atoms with E-state index in [1.807, 2.05) is 158 Å². The molecule has 9 aromatic carbocycles. The fourth-order valence-electron chi connectivity index (χ4n) is 11.0. The molecule has 9 aromatic rings. The topological polar surface area (TPSA) is 211 Å². The minimum absolute atomic E-state index is 0.0144. The quantitative estimate of drug-likeness (QED) is 0.0282. The molecule has 18 heteroatoms. The second-order valence-electron chi connectivity index (χ2n) is 22.1. The van der Waals surface area contributed by atoms with E-state index in [-0.39, 0.29) is 128 Å². The van der Waals surface area contributed by atoms with E-state index in [1.165, 1.54) is 0 Å². The molecular formula is C74H79N3O15. The number of allylic oxidation sites excluding steroid dienone is 1. The van der Waals surface area contributed by atoms with Crippen molar-refractivity contribution in [3.63, 3.8) is 0 Å². The standard InChI is InChI=1S/C74H79N3O15/c1-52-42-63-59-20-9-5-18-57(59)46-67(72(63)80)91-40-36-85-34-38-89-65-25-24-54(44-66(65)90-39-35-86-37-41-92-68-47-58-19-6-10-21-60(58)64(43-52)73(68)81)49-77(48-53-14-3-2-4-15-53)70(79)51-88-33-31-84-29-28-83-30-32-87-50-69(78)75-26-13-27-76-74(82)71-61-22-11-7-16-55(61)45-56-17-8-12-23-62(56)71/h2-12,14-25,44-47,80-81H,1,13,26-43,48-51H2,(H,75,78)(H,76,82). The molecule has 1 aliphatic heterocycles. The van der Waals surface area contributed by atoms with Gasteiger partial charge in [-0.15, -0.1) is 0 Å². The highest BCUT2D eigenvalue weighted by Gasteiger charge is 2.22. The summed E-state index contributed by atoms with van der Waals surface area (Å²) in [4.78, 5) is 41.3. The highest BCUT2D eigenvalue weighted by molar-refractivity contribution is 6.18. The number of hydrogen-bond acceptors (Lipinski definition) is 15. The Bertz CT molecular complexity index is 3880. The summed E-state index contributed by atoms with van der Waals surface area (Å²) in [5.74, 6) is 0.982. The van der Waals surface area contributed by atoms with Crippen LogP contribution < -0.4 is 29.6 Å². The van der Waals surface area contributed by atoms with Crippen molar-refractivity contribution in [2.24, 2.45) is 0 Å². The lowest BCUT2D eigenvalue weighted by molar-refractivity contribution is -0.138. The average molecular weight is 1250 g/mol. The van der Waals surface area contributed by atoms with Crippen molar-refractivity contribution in [3.8, 4) is 34.5 Å². The number of benzene rings is 9. The first-order valence-electron chi connectivity index (χ1n) is 31.2. The number of amides is 3. The number of phenolic OH excluding ortho intramolecular Hbond substituents is 2. The van der Waals surface area contributed by atoms with Crippen molar-refractivity contribution < 1.29 is 72.0 Å². The van der Waals surface area contributed by atoms with Crippen LogP contribution in [0, 0.1) is 0 Å². The Labute approximate surface area is 535 Å². The molecule has 3 amide bonds. The Morgan fingerprint density at radius 1 is 0.446 bits per heavy atom. The summed E-state index contributed by atoms with van der Waals surface area (Å²) < 4.78 is 59.3. The number of phenols is 2. The summed E-state index contributed by atoms with van der Waals surface area (Å²) in [5, 5.41) is 36.5. The fraction of sp³-hybridized carbons (Fsp3) is 0.311. The Kier molecular flexibility index (Phi) is 24.4. The van der Waals surface area contributed by atoms with Gasteiger partial charge in [0.1, 0.15) is 39.6 Å². The van der Waals surface area contributed by atoms with E-state index < -0.39 is 0 Å². The zero-order valence-electron chi connectivity index (χ0n) is 51.7. The van der Waals surface area contributed by atoms with Crippen molar-refractivity contribution in [3.05, 3.63) is 204 Å². The lowest BCUT2D eigenvalue weighted by atomic mass is 9.92. The fourth-order valence-corrected chi connectivity index (χ4v) is 11.0. The first kappa shape index (κ1) is 65.7. The molecule has 480 valence electrons. The number of aromatic hydroxyl groups is 2. The second kappa shape index (κ2) is 34.2. The lowest BCUT2D eigenvalue weighted by Gasteiger charge is -2.24. The van der Waals surface area contributed by atoms with Gasteiger partial charge in [-0.1, -0.05) is 146 Å². The van der Waals surface area contributed by atoms with E-state index in [9.17, 15) is 24.6 Å². The van der Waals surface area contributed by atoms with Crippen LogP contribution in [0.15, 0.2) is 176 Å². The first-order valence-corrected chi connectivity index (χ1v) is 31.2. The van der Waals surface area contributed by atoms with Gasteiger partial charge in [0.15, 0.2) is 34.5 Å². The highest BCUT2D eigenvalue weighted by atomic mass is 16.6. The maximum atomic E-state index is 13.9. The average Bonchev–Trinajstić information content (AvgIpc) is 0.800. The summed E-state index contributed by atoms with van der Waals surface area (Å²) >= 11 is 0. The van der Waals surface area contributed by atoms with E-state index in [0.717, 1.165) is 59.8 Å². The number of fused-ring (bicyclic) bond motifs is 11. The van der Waals surface area contributed by atoms with Crippen LogP contribution in [0.5, 0.6) is 34.5 Å². The normalized spacial score (nSPS) is 13.6. The van der Waals surface area contributed by atoms with Gasteiger partial charge in [0.25, 0.3) is 5.91 Å². The van der Waals surface area contributed by atoms with Crippen LogP contribution in [0.1, 0.15) is 39.0 Å². The van der Waals surface area contributed by atoms with Crippen LogP contribution in [0.4, 0.5) is 0 Å². The van der Waals surface area contributed by atoms with Crippen molar-refractivity contribution >= 4 is 60.8 Å². The van der Waals surface area contributed by atoms with Gasteiger partial charge in [0, 0.05) is 37.3 Å². The number of nitrogens with zero attached hydrogens (tertiary/aromatic N) is 1. The molecule has 4 N–H and O–H groups in total. The zero-order valence-corrected chi connectivity index (χ0v) is 51.7. The minimum Gasteiger partial charge on any atom is -0.504 e. The van der Waals surface area contributed by atoms with Crippen molar-refractivity contribution in [2.75, 3.05) is 119 Å². The Morgan fingerprint density at radius 2 is 0.891 bits per heavy atom. The van der Waals surface area contributed by atoms with Gasteiger partial charge in [-0.2, -0.15) is 0 Å². The van der Waals surface area contributed by atoms with E-state index in [4.69, 9.17) is 47.4 Å². The number of carbonyl (C=O) groups excluding carboxylic acids is 3. The maximum Gasteiger partial charge on any atom is 0.252 e. The first-order chi connectivity index (χ1) is 45.2. The smallest absolute Gasteiger partial charge is 0.252 e. The van der Waals surface area contributed by atoms with E-state index in [0.29, 0.717) is 91.8 Å². The molecule has 0 fully saturated rings. The van der Waals surface area contributed by atoms with Gasteiger partial charge < -0.3 is 73.1 Å². The summed E-state index contributed by atoms with van der Waals surface area (Å²) in [5.41, 5.74) is 4.50. The molecule has 0 aromatic heterocycles. The summed E-state index contributed by atoms with van der Waals surface area (Å²) in [6.45, 7) is 8.60. The SMILES string of the molecule is C=C1Cc2c(O)c(cc3ccccc23)OCCOCCOc2ccc(CN(Cc3ccccc3)C(=O)COCCOCCOCCOCC(=O)NCCCNC(=O)c3c4ccccc4cc4ccccc34)cc2OCCOCCOc2cc3ccccc3c(c2O)C1. The third kappa shape index (κ3) is 18.5. The van der Waals surface area contributed by atoms with E-state index >= 15 is 0 Å². The molecule has 0 atom stereocenters. The molecule has 10 rings (SSSR count). The number of carbonyl (C=O) groups is 3. The van der Waals surface area contributed by atoms with Gasteiger partial charge >= 0.3 is 0 Å². The third-order valence-electron chi connectivity index (χ3n) is 15.5. The largest absolute Gasteiger partial charge is 0.504 e. The molecule has 4 bridgehead atoms. The van der Waals surface area contributed by atoms with Gasteiger partial charge in [-0.05, 0) is 104 Å². The van der Waals surface area contributed by atoms with Crippen LogP contribution in [0.3, 0.4) is 0 Å². The van der Waals surface area contributed by atoms with Crippen molar-refractivity contribution in [2.45, 2.75) is 32.4 Å². The Hall–Kier alpha value is -9.27. The summed E-state index contributed by atoms with van der Waals surface area (Å²) in [6, 6.07) is 52.3. The molecule has 0 radical (unpaired) electrons.